The second-order valence-corrected chi connectivity index (χ2v) is 3.53. The van der Waals surface area contributed by atoms with Crippen LogP contribution in [0.3, 0.4) is 0 Å². The normalized spacial score (nSPS) is 14.3. The van der Waals surface area contributed by atoms with Crippen molar-refractivity contribution in [2.75, 3.05) is 0 Å². The fourth-order valence-corrected chi connectivity index (χ4v) is 1.22. The molecule has 0 aliphatic rings. The Labute approximate surface area is 89.9 Å². The molecule has 4 heteroatoms. The van der Waals surface area contributed by atoms with Crippen molar-refractivity contribution in [1.29, 1.82) is 0 Å². The van der Waals surface area contributed by atoms with Crippen molar-refractivity contribution in [3.05, 3.63) is 30.1 Å². The fraction of sp³-hybridized carbons (Fsp3) is 0.455. The molecular formula is C11H17N3O. The molecule has 1 aromatic rings. The fourth-order valence-electron chi connectivity index (χ4n) is 1.22. The summed E-state index contributed by atoms with van der Waals surface area (Å²) in [4.78, 5) is 15.5. The molecule has 0 aliphatic heterocycles. The van der Waals surface area contributed by atoms with Gasteiger partial charge in [0.1, 0.15) is 0 Å². The van der Waals surface area contributed by atoms with E-state index in [2.05, 4.69) is 10.3 Å². The molecule has 0 radical (unpaired) electrons. The Hall–Kier alpha value is -1.42. The highest BCUT2D eigenvalue weighted by molar-refractivity contribution is 5.81. The van der Waals surface area contributed by atoms with Crippen LogP contribution < -0.4 is 11.1 Å². The van der Waals surface area contributed by atoms with Crippen LogP contribution in [0.4, 0.5) is 0 Å². The van der Waals surface area contributed by atoms with Gasteiger partial charge in [-0.2, -0.15) is 0 Å². The van der Waals surface area contributed by atoms with Crippen LogP contribution in [0.2, 0.25) is 0 Å². The number of pyridine rings is 1. The maximum absolute atomic E-state index is 11.5. The second-order valence-electron chi connectivity index (χ2n) is 3.53. The molecule has 1 amide bonds. The van der Waals surface area contributed by atoms with Crippen molar-refractivity contribution in [3.8, 4) is 0 Å². The summed E-state index contributed by atoms with van der Waals surface area (Å²) in [5.74, 6) is -0.117. The number of rotatable bonds is 4. The number of amides is 1. The van der Waals surface area contributed by atoms with Crippen molar-refractivity contribution < 1.29 is 4.79 Å². The molecule has 1 rings (SSSR count). The van der Waals surface area contributed by atoms with Crippen LogP contribution in [0.5, 0.6) is 0 Å². The van der Waals surface area contributed by atoms with E-state index < -0.39 is 6.04 Å². The molecule has 15 heavy (non-hydrogen) atoms. The molecule has 0 aliphatic carbocycles. The van der Waals surface area contributed by atoms with Gasteiger partial charge in [-0.05, 0) is 25.0 Å². The Morgan fingerprint density at radius 2 is 2.40 bits per heavy atom. The largest absolute Gasteiger partial charge is 0.348 e. The zero-order valence-corrected chi connectivity index (χ0v) is 9.10. The lowest BCUT2D eigenvalue weighted by Gasteiger charge is -2.16. The van der Waals surface area contributed by atoms with E-state index in [0.717, 1.165) is 5.56 Å². The van der Waals surface area contributed by atoms with Gasteiger partial charge < -0.3 is 11.1 Å². The number of hydrogen-bond acceptors (Lipinski definition) is 3. The summed E-state index contributed by atoms with van der Waals surface area (Å²) < 4.78 is 0. The third-order valence-electron chi connectivity index (χ3n) is 2.32. The van der Waals surface area contributed by atoms with E-state index >= 15 is 0 Å². The summed E-state index contributed by atoms with van der Waals surface area (Å²) in [5.41, 5.74) is 6.60. The summed E-state index contributed by atoms with van der Waals surface area (Å²) in [6.07, 6.45) is 4.09. The molecule has 0 unspecified atom stereocenters. The first kappa shape index (κ1) is 11.7. The van der Waals surface area contributed by atoms with Gasteiger partial charge in [0.05, 0.1) is 12.1 Å². The SMILES string of the molecule is CC[C@@H](N)C(=O)N[C@H](C)c1cccnc1. The molecule has 0 saturated heterocycles. The molecular weight excluding hydrogens is 190 g/mol. The maximum atomic E-state index is 11.5. The predicted octanol–water partition coefficient (Wildman–Crippen LogP) is 0.996. The first-order valence-corrected chi connectivity index (χ1v) is 5.11. The number of carbonyl (C=O) groups is 1. The van der Waals surface area contributed by atoms with E-state index in [1.807, 2.05) is 26.0 Å². The third-order valence-corrected chi connectivity index (χ3v) is 2.32. The van der Waals surface area contributed by atoms with Gasteiger partial charge in [0.15, 0.2) is 0 Å². The molecule has 1 aromatic heterocycles. The topological polar surface area (TPSA) is 68.0 Å². The average molecular weight is 207 g/mol. The molecule has 0 aromatic carbocycles. The van der Waals surface area contributed by atoms with E-state index in [4.69, 9.17) is 5.73 Å². The molecule has 82 valence electrons. The van der Waals surface area contributed by atoms with Gasteiger partial charge in [0, 0.05) is 12.4 Å². The zero-order valence-electron chi connectivity index (χ0n) is 9.10. The van der Waals surface area contributed by atoms with E-state index in [9.17, 15) is 4.79 Å². The van der Waals surface area contributed by atoms with E-state index in [0.29, 0.717) is 6.42 Å². The van der Waals surface area contributed by atoms with Crippen LogP contribution in [-0.2, 0) is 4.79 Å². The first-order valence-electron chi connectivity index (χ1n) is 5.11. The molecule has 1 heterocycles. The van der Waals surface area contributed by atoms with Gasteiger partial charge >= 0.3 is 0 Å². The van der Waals surface area contributed by atoms with Crippen LogP contribution in [0.1, 0.15) is 31.9 Å². The molecule has 3 N–H and O–H groups in total. The number of nitrogens with one attached hydrogen (secondary N) is 1. The van der Waals surface area contributed by atoms with Gasteiger partial charge in [-0.3, -0.25) is 9.78 Å². The smallest absolute Gasteiger partial charge is 0.237 e. The van der Waals surface area contributed by atoms with Gasteiger partial charge in [0.2, 0.25) is 5.91 Å². The Bertz CT molecular complexity index is 313. The van der Waals surface area contributed by atoms with Crippen molar-refractivity contribution in [2.45, 2.75) is 32.4 Å². The standard InChI is InChI=1S/C11H17N3O/c1-3-10(12)11(15)14-8(2)9-5-4-6-13-7-9/h4-8,10H,3,12H2,1-2H3,(H,14,15)/t8-,10-/m1/s1. The van der Waals surface area contributed by atoms with Crippen LogP contribution in [0.15, 0.2) is 24.5 Å². The summed E-state index contributed by atoms with van der Waals surface area (Å²) in [7, 11) is 0. The summed E-state index contributed by atoms with van der Waals surface area (Å²) in [5, 5.41) is 2.84. The second kappa shape index (κ2) is 5.46. The monoisotopic (exact) mass is 207 g/mol. The number of nitrogens with zero attached hydrogens (tertiary/aromatic N) is 1. The van der Waals surface area contributed by atoms with E-state index in [1.165, 1.54) is 0 Å². The highest BCUT2D eigenvalue weighted by Crippen LogP contribution is 2.09. The van der Waals surface area contributed by atoms with Crippen molar-refractivity contribution in [3.63, 3.8) is 0 Å². The van der Waals surface area contributed by atoms with Gasteiger partial charge in [0.25, 0.3) is 0 Å². The lowest BCUT2D eigenvalue weighted by molar-refractivity contribution is -0.123. The number of aromatic nitrogens is 1. The lowest BCUT2D eigenvalue weighted by Crippen LogP contribution is -2.41. The third kappa shape index (κ3) is 3.32. The van der Waals surface area contributed by atoms with Crippen molar-refractivity contribution in [2.24, 2.45) is 5.73 Å². The average Bonchev–Trinajstić information content (AvgIpc) is 2.29. The minimum atomic E-state index is -0.427. The predicted molar refractivity (Wildman–Crippen MR) is 59.1 cm³/mol. The van der Waals surface area contributed by atoms with E-state index in [-0.39, 0.29) is 11.9 Å². The summed E-state index contributed by atoms with van der Waals surface area (Å²) in [6, 6.07) is 3.29. The van der Waals surface area contributed by atoms with Crippen LogP contribution >= 0.6 is 0 Å². The first-order chi connectivity index (χ1) is 7.15. The summed E-state index contributed by atoms with van der Waals surface area (Å²) >= 11 is 0. The Kier molecular flexibility index (Phi) is 4.24. The van der Waals surface area contributed by atoms with Gasteiger partial charge in [-0.25, -0.2) is 0 Å². The van der Waals surface area contributed by atoms with Gasteiger partial charge in [-0.15, -0.1) is 0 Å². The highest BCUT2D eigenvalue weighted by atomic mass is 16.2. The van der Waals surface area contributed by atoms with Crippen molar-refractivity contribution >= 4 is 5.91 Å². The molecule has 0 fully saturated rings. The lowest BCUT2D eigenvalue weighted by atomic mass is 10.1. The molecule has 0 saturated carbocycles. The minimum absolute atomic E-state index is 0.0520. The quantitative estimate of drug-likeness (QED) is 0.773. The Morgan fingerprint density at radius 1 is 1.67 bits per heavy atom. The number of carbonyl (C=O) groups excluding carboxylic acids is 1. The molecule has 0 bridgehead atoms. The van der Waals surface area contributed by atoms with E-state index in [1.54, 1.807) is 12.4 Å². The molecule has 0 spiro atoms. The number of nitrogens with two attached hydrogens (primary N) is 1. The molecule has 4 nitrogen and oxygen atoms in total. The maximum Gasteiger partial charge on any atom is 0.237 e. The Balaban J connectivity index is 2.56. The molecule has 2 atom stereocenters. The van der Waals surface area contributed by atoms with Crippen LogP contribution in [0, 0.1) is 0 Å². The van der Waals surface area contributed by atoms with Crippen molar-refractivity contribution in [1.82, 2.24) is 10.3 Å². The number of hydrogen-bond donors (Lipinski definition) is 2. The van der Waals surface area contributed by atoms with Gasteiger partial charge in [-0.1, -0.05) is 13.0 Å². The van der Waals surface area contributed by atoms with Crippen LogP contribution in [-0.4, -0.2) is 16.9 Å². The minimum Gasteiger partial charge on any atom is -0.348 e. The summed E-state index contributed by atoms with van der Waals surface area (Å²) in [6.45, 7) is 3.80. The van der Waals surface area contributed by atoms with Crippen LogP contribution in [0.25, 0.3) is 0 Å². The zero-order chi connectivity index (χ0) is 11.3. The highest BCUT2D eigenvalue weighted by Gasteiger charge is 2.14. The Morgan fingerprint density at radius 3 is 2.93 bits per heavy atom.